The maximum atomic E-state index is 14.7. The summed E-state index contributed by atoms with van der Waals surface area (Å²) in [5, 5.41) is 0. The predicted molar refractivity (Wildman–Crippen MR) is 177 cm³/mol. The molecule has 4 aromatic carbocycles. The lowest BCUT2D eigenvalue weighted by Gasteiger charge is -2.38. The molecule has 4 atom stereocenters. The number of carbonyl (C=O) groups excluding carboxylic acids is 4. The Bertz CT molecular complexity index is 2020. The second-order valence-electron chi connectivity index (χ2n) is 13.5. The summed E-state index contributed by atoms with van der Waals surface area (Å²) in [5.74, 6) is -4.11. The molecule has 14 heteroatoms. The standard InChI is InChI=1S/C39H30F6N2O6/c1-21-3-11-25(12-4-21)52-26-13-5-22(6-14-26)37(38(40,41)42,39(43,44)45)23-7-15-27(16-8-23)53-28-17-9-24(10-18-28)47-35(50)31-19-29-30(20-32(31)36(47)51)34(49)46(2)33(29)48/h3-18,29-32H,19-20H2,1-2H3. The normalized spacial score (nSPS) is 21.9. The molecule has 4 amide bonds. The Hall–Kier alpha value is -5.66. The van der Waals surface area contributed by atoms with Crippen molar-refractivity contribution in [3.05, 3.63) is 114 Å². The van der Waals surface area contributed by atoms with Gasteiger partial charge in [-0.15, -0.1) is 0 Å². The molecule has 4 unspecified atom stereocenters. The second kappa shape index (κ2) is 12.8. The number of carbonyl (C=O) groups is 4. The molecule has 7 rings (SSSR count). The lowest BCUT2D eigenvalue weighted by Crippen LogP contribution is -2.54. The van der Waals surface area contributed by atoms with Crippen LogP contribution in [0.15, 0.2) is 97.1 Å². The zero-order chi connectivity index (χ0) is 38.0. The molecule has 53 heavy (non-hydrogen) atoms. The number of hydrogen-bond donors (Lipinski definition) is 0. The van der Waals surface area contributed by atoms with E-state index in [2.05, 4.69) is 0 Å². The molecule has 0 aromatic heterocycles. The summed E-state index contributed by atoms with van der Waals surface area (Å²) in [6, 6.07) is 19.3. The number of halogens is 6. The van der Waals surface area contributed by atoms with Crippen LogP contribution in [0.3, 0.4) is 0 Å². The third-order valence-electron chi connectivity index (χ3n) is 10.4. The fraction of sp³-hybridized carbons (Fsp3) is 0.282. The van der Waals surface area contributed by atoms with Crippen molar-refractivity contribution >= 4 is 29.3 Å². The monoisotopic (exact) mass is 736 g/mol. The van der Waals surface area contributed by atoms with E-state index in [-0.39, 0.29) is 47.6 Å². The number of fused-ring (bicyclic) bond motifs is 2. The van der Waals surface area contributed by atoms with E-state index in [1.54, 1.807) is 24.3 Å². The van der Waals surface area contributed by atoms with Gasteiger partial charge in [-0.25, -0.2) is 0 Å². The summed E-state index contributed by atoms with van der Waals surface area (Å²) in [4.78, 5) is 53.8. The van der Waals surface area contributed by atoms with E-state index in [4.69, 9.17) is 9.47 Å². The fourth-order valence-electron chi connectivity index (χ4n) is 7.67. The molecule has 2 heterocycles. The molecule has 0 radical (unpaired) electrons. The van der Waals surface area contributed by atoms with Gasteiger partial charge in [0.1, 0.15) is 23.0 Å². The summed E-state index contributed by atoms with van der Waals surface area (Å²) in [5.41, 5.74) is -5.39. The van der Waals surface area contributed by atoms with E-state index >= 15 is 0 Å². The molecule has 3 aliphatic rings. The van der Waals surface area contributed by atoms with Gasteiger partial charge in [0, 0.05) is 7.05 Å². The van der Waals surface area contributed by atoms with Crippen molar-refractivity contribution < 1.29 is 55.0 Å². The smallest absolute Gasteiger partial charge is 0.411 e. The first-order chi connectivity index (χ1) is 25.0. The summed E-state index contributed by atoms with van der Waals surface area (Å²) < 4.78 is 99.7. The summed E-state index contributed by atoms with van der Waals surface area (Å²) in [7, 11) is 1.38. The largest absolute Gasteiger partial charge is 0.457 e. The van der Waals surface area contributed by atoms with E-state index in [0.717, 1.165) is 51.8 Å². The third kappa shape index (κ3) is 5.89. The quantitative estimate of drug-likeness (QED) is 0.141. The van der Waals surface area contributed by atoms with Crippen LogP contribution >= 0.6 is 0 Å². The molecular weight excluding hydrogens is 706 g/mol. The van der Waals surface area contributed by atoms with Gasteiger partial charge in [-0.3, -0.25) is 29.0 Å². The zero-order valence-electron chi connectivity index (χ0n) is 28.1. The van der Waals surface area contributed by atoms with E-state index in [1.165, 1.54) is 31.3 Å². The van der Waals surface area contributed by atoms with Crippen molar-refractivity contribution in [2.45, 2.75) is 37.5 Å². The van der Waals surface area contributed by atoms with Gasteiger partial charge in [-0.1, -0.05) is 42.0 Å². The van der Waals surface area contributed by atoms with Crippen LogP contribution in [0.2, 0.25) is 0 Å². The first kappa shape index (κ1) is 35.7. The van der Waals surface area contributed by atoms with Crippen LogP contribution in [0.1, 0.15) is 29.5 Å². The molecule has 3 fully saturated rings. The van der Waals surface area contributed by atoms with Gasteiger partial charge in [-0.2, -0.15) is 26.3 Å². The minimum absolute atomic E-state index is 0.0470. The number of nitrogens with zero attached hydrogens (tertiary/aromatic N) is 2. The second-order valence-corrected chi connectivity index (χ2v) is 13.5. The molecule has 0 bridgehead atoms. The van der Waals surface area contributed by atoms with Crippen molar-refractivity contribution in [3.8, 4) is 23.0 Å². The lowest BCUT2D eigenvalue weighted by molar-refractivity contribution is -0.288. The number of anilines is 1. The number of imide groups is 2. The van der Waals surface area contributed by atoms with Crippen LogP contribution in [0.25, 0.3) is 0 Å². The highest BCUT2D eigenvalue weighted by Gasteiger charge is 2.72. The Morgan fingerprint density at radius 3 is 1.19 bits per heavy atom. The first-order valence-electron chi connectivity index (χ1n) is 16.6. The van der Waals surface area contributed by atoms with Gasteiger partial charge < -0.3 is 9.47 Å². The lowest BCUT2D eigenvalue weighted by atomic mass is 9.70. The van der Waals surface area contributed by atoms with Crippen molar-refractivity contribution in [2.24, 2.45) is 23.7 Å². The van der Waals surface area contributed by atoms with Crippen LogP contribution < -0.4 is 14.4 Å². The van der Waals surface area contributed by atoms with Crippen LogP contribution in [0, 0.1) is 30.6 Å². The fourth-order valence-corrected chi connectivity index (χ4v) is 7.67. The molecule has 2 aliphatic heterocycles. The molecule has 1 saturated carbocycles. The van der Waals surface area contributed by atoms with Crippen molar-refractivity contribution in [3.63, 3.8) is 0 Å². The van der Waals surface area contributed by atoms with Gasteiger partial charge in [0.15, 0.2) is 0 Å². The van der Waals surface area contributed by atoms with Crippen molar-refractivity contribution in [1.29, 1.82) is 0 Å². The third-order valence-corrected chi connectivity index (χ3v) is 10.4. The molecule has 274 valence electrons. The first-order valence-corrected chi connectivity index (χ1v) is 16.6. The molecule has 1 aliphatic carbocycles. The summed E-state index contributed by atoms with van der Waals surface area (Å²) in [6.07, 6.45) is -11.4. The predicted octanol–water partition coefficient (Wildman–Crippen LogP) is 8.12. The Labute approximate surface area is 298 Å². The summed E-state index contributed by atoms with van der Waals surface area (Å²) >= 11 is 0. The number of amides is 4. The van der Waals surface area contributed by atoms with Crippen LogP contribution in [-0.2, 0) is 24.6 Å². The van der Waals surface area contributed by atoms with Crippen LogP contribution in [-0.4, -0.2) is 47.9 Å². The van der Waals surface area contributed by atoms with Gasteiger partial charge in [-0.05, 0) is 91.6 Å². The number of benzene rings is 4. The summed E-state index contributed by atoms with van der Waals surface area (Å²) in [6.45, 7) is 1.84. The maximum absolute atomic E-state index is 14.7. The minimum atomic E-state index is -5.80. The minimum Gasteiger partial charge on any atom is -0.457 e. The highest BCUT2D eigenvalue weighted by molar-refractivity contribution is 6.22. The van der Waals surface area contributed by atoms with E-state index < -0.39 is 64.4 Å². The number of likely N-dealkylation sites (tertiary alicyclic amines) is 1. The van der Waals surface area contributed by atoms with Gasteiger partial charge >= 0.3 is 12.4 Å². The zero-order valence-corrected chi connectivity index (χ0v) is 28.1. The average molecular weight is 737 g/mol. The van der Waals surface area contributed by atoms with Crippen LogP contribution in [0.5, 0.6) is 23.0 Å². The van der Waals surface area contributed by atoms with E-state index in [0.29, 0.717) is 17.9 Å². The SMILES string of the molecule is Cc1ccc(Oc2ccc(C(c3ccc(Oc4ccc(N5C(=O)C6CC7C(=O)N(C)C(=O)C7CC6C5=O)cc4)cc3)(C(F)(F)F)C(F)(F)F)cc2)cc1. The molecule has 0 spiro atoms. The molecule has 4 aromatic rings. The Kier molecular flexibility index (Phi) is 8.61. The van der Waals surface area contributed by atoms with Gasteiger partial charge in [0.25, 0.3) is 0 Å². The molecule has 8 nitrogen and oxygen atoms in total. The molecule has 0 N–H and O–H groups in total. The van der Waals surface area contributed by atoms with E-state index in [9.17, 15) is 45.5 Å². The Balaban J connectivity index is 1.09. The highest BCUT2D eigenvalue weighted by Crippen LogP contribution is 2.56. The number of alkyl halides is 6. The van der Waals surface area contributed by atoms with Crippen LogP contribution in [0.4, 0.5) is 32.0 Å². The number of aryl methyl sites for hydroxylation is 1. The molecule has 2 saturated heterocycles. The topological polar surface area (TPSA) is 93.2 Å². The van der Waals surface area contributed by atoms with Gasteiger partial charge in [0.05, 0.1) is 29.4 Å². The van der Waals surface area contributed by atoms with Crippen molar-refractivity contribution in [1.82, 2.24) is 4.90 Å². The van der Waals surface area contributed by atoms with Gasteiger partial charge in [0.2, 0.25) is 29.0 Å². The molecular formula is C39H30F6N2O6. The van der Waals surface area contributed by atoms with E-state index in [1.807, 2.05) is 6.92 Å². The van der Waals surface area contributed by atoms with Crippen molar-refractivity contribution in [2.75, 3.05) is 11.9 Å². The Morgan fingerprint density at radius 1 is 0.509 bits per heavy atom. The number of hydrogen-bond acceptors (Lipinski definition) is 6. The Morgan fingerprint density at radius 2 is 0.830 bits per heavy atom. The number of rotatable bonds is 7. The number of ether oxygens (including phenoxy) is 2. The highest BCUT2D eigenvalue weighted by atomic mass is 19.4. The maximum Gasteiger partial charge on any atom is 0.411 e. The average Bonchev–Trinajstić information content (AvgIpc) is 3.48.